The number of hydrogen-bond donors (Lipinski definition) is 1. The van der Waals surface area contributed by atoms with Gasteiger partial charge in [-0.1, -0.05) is 15.9 Å². The zero-order valence-corrected chi connectivity index (χ0v) is 12.9. The Bertz CT molecular complexity index is 788. The Hall–Kier alpha value is -2.27. The second-order valence-electron chi connectivity index (χ2n) is 4.49. The maximum atomic E-state index is 6.01. The first-order valence-electron chi connectivity index (χ1n) is 6.33. The summed E-state index contributed by atoms with van der Waals surface area (Å²) in [6.45, 7) is 0. The summed E-state index contributed by atoms with van der Waals surface area (Å²) < 4.78 is 11.9. The molecule has 0 spiro atoms. The van der Waals surface area contributed by atoms with Crippen LogP contribution >= 0.6 is 15.9 Å². The van der Waals surface area contributed by atoms with E-state index in [1.165, 1.54) is 0 Å². The van der Waals surface area contributed by atoms with E-state index >= 15 is 0 Å². The summed E-state index contributed by atoms with van der Waals surface area (Å²) in [5.41, 5.74) is 7.27. The van der Waals surface area contributed by atoms with Crippen molar-refractivity contribution >= 4 is 32.5 Å². The number of nitrogen functional groups attached to an aromatic ring is 1. The van der Waals surface area contributed by atoms with Crippen LogP contribution in [0.1, 0.15) is 0 Å². The minimum absolute atomic E-state index is 0.502. The number of ether oxygens (including phenoxy) is 2. The third kappa shape index (κ3) is 2.92. The zero-order chi connectivity index (χ0) is 14.8. The highest BCUT2D eigenvalue weighted by Crippen LogP contribution is 2.29. The maximum Gasteiger partial charge on any atom is 0.219 e. The van der Waals surface area contributed by atoms with Crippen LogP contribution in [-0.4, -0.2) is 12.1 Å². The van der Waals surface area contributed by atoms with Gasteiger partial charge in [0.05, 0.1) is 18.3 Å². The van der Waals surface area contributed by atoms with Crippen molar-refractivity contribution in [2.45, 2.75) is 0 Å². The lowest BCUT2D eigenvalue weighted by molar-refractivity contribution is 0.415. The number of rotatable bonds is 3. The van der Waals surface area contributed by atoms with Crippen LogP contribution in [0, 0.1) is 0 Å². The van der Waals surface area contributed by atoms with Crippen molar-refractivity contribution in [3.63, 3.8) is 0 Å². The molecule has 0 saturated heterocycles. The van der Waals surface area contributed by atoms with Gasteiger partial charge in [0.25, 0.3) is 0 Å². The molecular weight excluding hydrogens is 332 g/mol. The van der Waals surface area contributed by atoms with Crippen LogP contribution in [0.5, 0.6) is 17.4 Å². The van der Waals surface area contributed by atoms with Gasteiger partial charge in [-0.3, -0.25) is 0 Å². The highest BCUT2D eigenvalue weighted by atomic mass is 79.9. The number of benzene rings is 2. The fraction of sp³-hybridized carbons (Fsp3) is 0.0625. The summed E-state index contributed by atoms with van der Waals surface area (Å²) in [4.78, 5) is 4.45. The molecule has 1 aromatic heterocycles. The number of nitrogens with zero attached hydrogens (tertiary/aromatic N) is 1. The van der Waals surface area contributed by atoms with Crippen LogP contribution in [0.4, 0.5) is 5.69 Å². The lowest BCUT2D eigenvalue weighted by Crippen LogP contribution is -1.94. The second kappa shape index (κ2) is 5.61. The van der Waals surface area contributed by atoms with Gasteiger partial charge in [-0.25, -0.2) is 4.98 Å². The summed E-state index contributed by atoms with van der Waals surface area (Å²) >= 11 is 3.39. The molecule has 0 aliphatic rings. The molecule has 0 atom stereocenters. The van der Waals surface area contributed by atoms with E-state index in [2.05, 4.69) is 20.9 Å². The van der Waals surface area contributed by atoms with Crippen LogP contribution in [0.15, 0.2) is 53.0 Å². The molecule has 5 heteroatoms. The van der Waals surface area contributed by atoms with Gasteiger partial charge >= 0.3 is 0 Å². The Morgan fingerprint density at radius 2 is 1.76 bits per heavy atom. The molecule has 0 amide bonds. The summed E-state index contributed by atoms with van der Waals surface area (Å²) in [5.74, 6) is 1.93. The number of hydrogen-bond acceptors (Lipinski definition) is 4. The van der Waals surface area contributed by atoms with Crippen LogP contribution < -0.4 is 15.2 Å². The number of methoxy groups -OCH3 is 1. The molecule has 3 rings (SSSR count). The largest absolute Gasteiger partial charge is 0.497 e. The Morgan fingerprint density at radius 1 is 1.00 bits per heavy atom. The second-order valence-corrected chi connectivity index (χ2v) is 5.41. The number of pyridine rings is 1. The van der Waals surface area contributed by atoms with Gasteiger partial charge in [-0.2, -0.15) is 0 Å². The molecule has 3 aromatic rings. The van der Waals surface area contributed by atoms with Crippen LogP contribution in [0.3, 0.4) is 0 Å². The number of aromatic nitrogens is 1. The molecule has 0 unspecified atom stereocenters. The summed E-state index contributed by atoms with van der Waals surface area (Å²) in [7, 11) is 1.61. The molecule has 21 heavy (non-hydrogen) atoms. The van der Waals surface area contributed by atoms with E-state index in [0.29, 0.717) is 22.8 Å². The van der Waals surface area contributed by atoms with E-state index in [1.54, 1.807) is 13.2 Å². The van der Waals surface area contributed by atoms with Crippen molar-refractivity contribution in [1.82, 2.24) is 4.98 Å². The van der Waals surface area contributed by atoms with Crippen LogP contribution in [0.2, 0.25) is 0 Å². The first kappa shape index (κ1) is 13.7. The summed E-state index contributed by atoms with van der Waals surface area (Å²) in [6.07, 6.45) is 0. The molecule has 0 fully saturated rings. The van der Waals surface area contributed by atoms with Crippen molar-refractivity contribution in [2.24, 2.45) is 0 Å². The predicted octanol–water partition coefficient (Wildman–Crippen LogP) is 4.38. The Labute approximate surface area is 130 Å². The van der Waals surface area contributed by atoms with Gasteiger partial charge in [0.1, 0.15) is 11.5 Å². The average Bonchev–Trinajstić information content (AvgIpc) is 2.50. The van der Waals surface area contributed by atoms with E-state index in [0.717, 1.165) is 15.6 Å². The third-order valence-corrected chi connectivity index (χ3v) is 3.57. The molecule has 0 aliphatic heterocycles. The Kier molecular flexibility index (Phi) is 3.66. The van der Waals surface area contributed by atoms with E-state index in [1.807, 2.05) is 42.5 Å². The van der Waals surface area contributed by atoms with Crippen molar-refractivity contribution in [3.05, 3.63) is 53.0 Å². The van der Waals surface area contributed by atoms with Crippen LogP contribution in [-0.2, 0) is 0 Å². The first-order chi connectivity index (χ1) is 10.2. The number of nitrogens with two attached hydrogens (primary N) is 1. The Balaban J connectivity index is 1.97. The maximum absolute atomic E-state index is 6.01. The minimum atomic E-state index is 0.502. The average molecular weight is 345 g/mol. The molecule has 0 radical (unpaired) electrons. The highest BCUT2D eigenvalue weighted by molar-refractivity contribution is 9.10. The molecule has 2 aromatic carbocycles. The highest BCUT2D eigenvalue weighted by Gasteiger charge is 2.06. The van der Waals surface area contributed by atoms with Gasteiger partial charge in [0.2, 0.25) is 5.88 Å². The van der Waals surface area contributed by atoms with Gasteiger partial charge in [0, 0.05) is 22.0 Å². The predicted molar refractivity (Wildman–Crippen MR) is 86.9 cm³/mol. The van der Waals surface area contributed by atoms with Crippen molar-refractivity contribution < 1.29 is 9.47 Å². The molecule has 106 valence electrons. The molecule has 0 saturated carbocycles. The van der Waals surface area contributed by atoms with E-state index < -0.39 is 0 Å². The van der Waals surface area contributed by atoms with Gasteiger partial charge in [-0.05, 0) is 36.4 Å². The molecule has 1 heterocycles. The normalized spacial score (nSPS) is 10.6. The standard InChI is InChI=1S/C16H13BrN2O2/c1-20-13-8-10-2-7-15(19-16(10)14(18)9-13)21-12-5-3-11(17)4-6-12/h2-9H,18H2,1H3. The lowest BCUT2D eigenvalue weighted by Gasteiger charge is -2.09. The number of fused-ring (bicyclic) bond motifs is 1. The third-order valence-electron chi connectivity index (χ3n) is 3.04. The monoisotopic (exact) mass is 344 g/mol. The molecule has 2 N–H and O–H groups in total. The van der Waals surface area contributed by atoms with Gasteiger partial charge in [0.15, 0.2) is 0 Å². The van der Waals surface area contributed by atoms with E-state index in [9.17, 15) is 0 Å². The molecular formula is C16H13BrN2O2. The van der Waals surface area contributed by atoms with E-state index in [-0.39, 0.29) is 0 Å². The minimum Gasteiger partial charge on any atom is -0.497 e. The smallest absolute Gasteiger partial charge is 0.219 e. The number of halogens is 1. The van der Waals surface area contributed by atoms with Gasteiger partial charge < -0.3 is 15.2 Å². The fourth-order valence-electron chi connectivity index (χ4n) is 2.01. The quantitative estimate of drug-likeness (QED) is 0.716. The number of anilines is 1. The molecule has 0 aliphatic carbocycles. The van der Waals surface area contributed by atoms with Gasteiger partial charge in [-0.15, -0.1) is 0 Å². The topological polar surface area (TPSA) is 57.4 Å². The molecule has 4 nitrogen and oxygen atoms in total. The van der Waals surface area contributed by atoms with Crippen molar-refractivity contribution in [1.29, 1.82) is 0 Å². The zero-order valence-electron chi connectivity index (χ0n) is 11.3. The fourth-order valence-corrected chi connectivity index (χ4v) is 2.28. The molecule has 0 bridgehead atoms. The Morgan fingerprint density at radius 3 is 2.48 bits per heavy atom. The van der Waals surface area contributed by atoms with E-state index in [4.69, 9.17) is 15.2 Å². The lowest BCUT2D eigenvalue weighted by atomic mass is 10.2. The summed E-state index contributed by atoms with van der Waals surface area (Å²) in [5, 5.41) is 0.912. The van der Waals surface area contributed by atoms with Crippen LogP contribution in [0.25, 0.3) is 10.9 Å². The van der Waals surface area contributed by atoms with Crippen molar-refractivity contribution in [3.8, 4) is 17.4 Å². The summed E-state index contributed by atoms with van der Waals surface area (Å²) in [6, 6.07) is 14.9. The SMILES string of the molecule is COc1cc(N)c2nc(Oc3ccc(Br)cc3)ccc2c1. The first-order valence-corrected chi connectivity index (χ1v) is 7.13. The van der Waals surface area contributed by atoms with Crippen molar-refractivity contribution in [2.75, 3.05) is 12.8 Å².